The van der Waals surface area contributed by atoms with Crippen molar-refractivity contribution in [1.82, 2.24) is 19.8 Å². The predicted octanol–water partition coefficient (Wildman–Crippen LogP) is 1.10. The number of nitrogens with two attached hydrogens (primary N) is 1. The molecule has 0 bridgehead atoms. The monoisotopic (exact) mass is 542 g/mol. The number of piperidine rings is 1. The zero-order valence-corrected chi connectivity index (χ0v) is 23.9. The molecular formula is C24H27F4KN8. The second kappa shape index (κ2) is 12.3. The van der Waals surface area contributed by atoms with Crippen molar-refractivity contribution in [3.8, 4) is 17.3 Å². The molecular weight excluding hydrogens is 515 g/mol. The summed E-state index contributed by atoms with van der Waals surface area (Å²) in [4.78, 5) is 6.51. The van der Waals surface area contributed by atoms with Crippen LogP contribution in [0.25, 0.3) is 16.6 Å². The normalized spacial score (nSPS) is 19.1. The summed E-state index contributed by atoms with van der Waals surface area (Å²) in [6, 6.07) is 5.00. The molecule has 8 nitrogen and oxygen atoms in total. The number of nitrogens with one attached hydrogen (secondary N) is 2. The minimum absolute atomic E-state index is 0. The molecule has 2 fully saturated rings. The van der Waals surface area contributed by atoms with Crippen molar-refractivity contribution < 1.29 is 68.9 Å². The van der Waals surface area contributed by atoms with Gasteiger partial charge in [-0.2, -0.15) is 18.4 Å². The van der Waals surface area contributed by atoms with Crippen LogP contribution in [0, 0.1) is 22.6 Å². The zero-order valence-electron chi connectivity index (χ0n) is 20.7. The van der Waals surface area contributed by atoms with Crippen molar-refractivity contribution in [3.63, 3.8) is 0 Å². The molecule has 2 aliphatic rings. The van der Waals surface area contributed by atoms with E-state index >= 15 is 0 Å². The van der Waals surface area contributed by atoms with E-state index < -0.39 is 17.6 Å². The first kappa shape index (κ1) is 29.6. The van der Waals surface area contributed by atoms with Crippen LogP contribution in [0.15, 0.2) is 35.8 Å². The largest absolute Gasteiger partial charge is 1.00 e. The number of nitriles is 1. The Morgan fingerprint density at radius 1 is 1.27 bits per heavy atom. The molecule has 1 unspecified atom stereocenters. The second-order valence-electron chi connectivity index (χ2n) is 8.94. The molecule has 2 aliphatic heterocycles. The fourth-order valence-electron chi connectivity index (χ4n) is 4.78. The molecule has 3 heterocycles. The van der Waals surface area contributed by atoms with Gasteiger partial charge in [-0.3, -0.25) is 5.41 Å². The SMILES string of the molecule is C[N-]/C(N)=C(/C#N)C(=N)N1CCC(c2nc(-c3ccc(F)c(C(F)(F)F)c3)cn2C2CCNC2)CC1.[K+]. The van der Waals surface area contributed by atoms with Gasteiger partial charge < -0.3 is 25.8 Å². The molecule has 0 radical (unpaired) electrons. The number of halogens is 4. The minimum atomic E-state index is -4.80. The molecule has 4 N–H and O–H groups in total. The Morgan fingerprint density at radius 3 is 2.54 bits per heavy atom. The Balaban J connectivity index is 0.00000380. The number of hydrogen-bond acceptors (Lipinski definition) is 5. The van der Waals surface area contributed by atoms with E-state index in [9.17, 15) is 22.8 Å². The third-order valence-electron chi connectivity index (χ3n) is 6.78. The fraction of sp³-hybridized carbons (Fsp3) is 0.458. The van der Waals surface area contributed by atoms with Crippen molar-refractivity contribution in [2.45, 2.75) is 37.4 Å². The van der Waals surface area contributed by atoms with Crippen molar-refractivity contribution in [3.05, 3.63) is 58.3 Å². The van der Waals surface area contributed by atoms with Gasteiger partial charge in [-0.1, -0.05) is 7.05 Å². The van der Waals surface area contributed by atoms with Crippen LogP contribution in [0.3, 0.4) is 0 Å². The summed E-state index contributed by atoms with van der Waals surface area (Å²) in [6.07, 6.45) is -0.909. The van der Waals surface area contributed by atoms with E-state index in [1.807, 2.05) is 10.6 Å². The summed E-state index contributed by atoms with van der Waals surface area (Å²) in [5.41, 5.74) is 5.04. The Labute approximate surface area is 255 Å². The van der Waals surface area contributed by atoms with E-state index in [1.165, 1.54) is 13.1 Å². The standard InChI is InChI=1S/C24H27F4N8.K/c1-32-21(30)17(11-29)22(31)35-8-5-14(6-9-35)23-34-20(13-36(23)16-4-7-33-12-16)15-2-3-19(25)18(10-15)24(26,27)28;/h2-3,10,13-14,16,31,33H,4-9,12,30H2,1H3;/q-1;+1/b21-17-,31-22?;. The van der Waals surface area contributed by atoms with Crippen LogP contribution < -0.4 is 62.4 Å². The third kappa shape index (κ3) is 6.38. The van der Waals surface area contributed by atoms with E-state index in [2.05, 4.69) is 10.6 Å². The summed E-state index contributed by atoms with van der Waals surface area (Å²) in [7, 11) is 1.46. The maximum atomic E-state index is 13.8. The smallest absolute Gasteiger partial charge is 0.494 e. The number of amidine groups is 1. The van der Waals surface area contributed by atoms with Crippen LogP contribution in [0.5, 0.6) is 0 Å². The van der Waals surface area contributed by atoms with Gasteiger partial charge >= 0.3 is 57.6 Å². The first-order chi connectivity index (χ1) is 17.1. The predicted molar refractivity (Wildman–Crippen MR) is 127 cm³/mol. The Hall–Kier alpha value is -1.95. The van der Waals surface area contributed by atoms with E-state index in [0.29, 0.717) is 31.6 Å². The molecule has 192 valence electrons. The van der Waals surface area contributed by atoms with Gasteiger partial charge in [-0.15, -0.1) is 0 Å². The molecule has 1 aromatic heterocycles. The second-order valence-corrected chi connectivity index (χ2v) is 8.94. The van der Waals surface area contributed by atoms with E-state index in [1.54, 1.807) is 11.1 Å². The molecule has 1 atom stereocenters. The van der Waals surface area contributed by atoms with E-state index in [0.717, 1.165) is 37.5 Å². The van der Waals surface area contributed by atoms with Gasteiger partial charge in [0.15, 0.2) is 0 Å². The number of benzene rings is 1. The van der Waals surface area contributed by atoms with Crippen molar-refractivity contribution >= 4 is 5.84 Å². The molecule has 37 heavy (non-hydrogen) atoms. The number of alkyl halides is 3. The molecule has 0 amide bonds. The van der Waals surface area contributed by atoms with Crippen LogP contribution in [0.4, 0.5) is 17.6 Å². The number of aromatic nitrogens is 2. The molecule has 0 spiro atoms. The molecule has 0 aliphatic carbocycles. The Morgan fingerprint density at radius 2 is 1.97 bits per heavy atom. The Bertz CT molecular complexity index is 1200. The minimum Gasteiger partial charge on any atom is -0.494 e. The molecule has 2 aromatic rings. The van der Waals surface area contributed by atoms with Gasteiger partial charge in [-0.25, -0.2) is 9.37 Å². The van der Waals surface area contributed by atoms with Crippen LogP contribution in [0.1, 0.15) is 42.6 Å². The molecule has 2 saturated heterocycles. The topological polar surface area (TPSA) is 121 Å². The molecule has 4 rings (SSSR count). The van der Waals surface area contributed by atoms with Crippen molar-refractivity contribution in [1.29, 1.82) is 10.7 Å². The van der Waals surface area contributed by atoms with E-state index in [4.69, 9.17) is 16.1 Å². The number of imidazole rings is 1. The van der Waals surface area contributed by atoms with E-state index in [-0.39, 0.29) is 86.1 Å². The number of rotatable bonds is 5. The van der Waals surface area contributed by atoms with Gasteiger partial charge in [0.05, 0.1) is 16.8 Å². The summed E-state index contributed by atoms with van der Waals surface area (Å²) in [5, 5.41) is 24.9. The number of hydrogen-bond donors (Lipinski definition) is 3. The first-order valence-electron chi connectivity index (χ1n) is 11.6. The maximum absolute atomic E-state index is 13.8. The van der Waals surface area contributed by atoms with Gasteiger partial charge in [-0.05, 0) is 49.8 Å². The summed E-state index contributed by atoms with van der Waals surface area (Å²) in [5.74, 6) is -0.510. The first-order valence-corrected chi connectivity index (χ1v) is 11.6. The van der Waals surface area contributed by atoms with Gasteiger partial charge in [0.2, 0.25) is 0 Å². The number of nitrogens with zero attached hydrogens (tertiary/aromatic N) is 5. The van der Waals surface area contributed by atoms with Gasteiger partial charge in [0.25, 0.3) is 0 Å². The average molecular weight is 543 g/mol. The summed E-state index contributed by atoms with van der Waals surface area (Å²) < 4.78 is 55.7. The molecule has 0 saturated carbocycles. The molecule has 13 heteroatoms. The van der Waals surface area contributed by atoms with Crippen molar-refractivity contribution in [2.24, 2.45) is 5.73 Å². The van der Waals surface area contributed by atoms with Gasteiger partial charge in [0.1, 0.15) is 23.5 Å². The average Bonchev–Trinajstić information content (AvgIpc) is 3.54. The van der Waals surface area contributed by atoms with Crippen LogP contribution in [-0.2, 0) is 6.18 Å². The van der Waals surface area contributed by atoms with Crippen molar-refractivity contribution in [2.75, 3.05) is 33.2 Å². The third-order valence-corrected chi connectivity index (χ3v) is 6.78. The maximum Gasteiger partial charge on any atom is 1.00 e. The Kier molecular flexibility index (Phi) is 9.82. The number of likely N-dealkylation sites (tertiary alicyclic amines) is 1. The van der Waals surface area contributed by atoms with Gasteiger partial charge in [0, 0.05) is 43.4 Å². The fourth-order valence-corrected chi connectivity index (χ4v) is 4.78. The molecule has 1 aromatic carbocycles. The zero-order chi connectivity index (χ0) is 26.0. The quantitative estimate of drug-likeness (QED) is 0.172. The van der Waals surface area contributed by atoms with Crippen LogP contribution >= 0.6 is 0 Å². The van der Waals surface area contributed by atoms with Crippen LogP contribution in [-0.4, -0.2) is 53.5 Å². The summed E-state index contributed by atoms with van der Waals surface area (Å²) in [6.45, 7) is 2.53. The summed E-state index contributed by atoms with van der Waals surface area (Å²) >= 11 is 0. The van der Waals surface area contributed by atoms with Crippen LogP contribution in [0.2, 0.25) is 0 Å².